The summed E-state index contributed by atoms with van der Waals surface area (Å²) in [5, 5.41) is 2.56. The van der Waals surface area contributed by atoms with Gasteiger partial charge in [0.1, 0.15) is 0 Å². The van der Waals surface area contributed by atoms with Gasteiger partial charge in [0.2, 0.25) is 0 Å². The third-order valence-electron chi connectivity index (χ3n) is 6.33. The van der Waals surface area contributed by atoms with Crippen LogP contribution >= 0.6 is 0 Å². The molecule has 0 unspecified atom stereocenters. The third-order valence-corrected chi connectivity index (χ3v) is 6.33. The molecular formula is C25H24O. The molecule has 1 heteroatoms. The van der Waals surface area contributed by atoms with Crippen molar-refractivity contribution < 1.29 is 4.79 Å². The lowest BCUT2D eigenvalue weighted by Gasteiger charge is -2.26. The van der Waals surface area contributed by atoms with Crippen LogP contribution in [0.1, 0.15) is 65.9 Å². The van der Waals surface area contributed by atoms with E-state index < -0.39 is 0 Å². The van der Waals surface area contributed by atoms with Gasteiger partial charge in [-0.1, -0.05) is 73.9 Å². The van der Waals surface area contributed by atoms with Crippen molar-refractivity contribution in [1.82, 2.24) is 0 Å². The largest absolute Gasteiger partial charge is 0.294 e. The number of fused-ring (bicyclic) bond motifs is 2. The predicted molar refractivity (Wildman–Crippen MR) is 108 cm³/mol. The molecule has 2 aliphatic carbocycles. The van der Waals surface area contributed by atoms with Crippen LogP contribution in [0.25, 0.3) is 21.9 Å². The summed E-state index contributed by atoms with van der Waals surface area (Å²) in [4.78, 5) is 12.7. The Balaban J connectivity index is 1.81. The summed E-state index contributed by atoms with van der Waals surface area (Å²) >= 11 is 0. The van der Waals surface area contributed by atoms with E-state index in [1.807, 2.05) is 0 Å². The van der Waals surface area contributed by atoms with Gasteiger partial charge < -0.3 is 0 Å². The smallest absolute Gasteiger partial charge is 0.164 e. The zero-order chi connectivity index (χ0) is 17.5. The molecular weight excluding hydrogens is 316 g/mol. The molecule has 0 bridgehead atoms. The molecule has 26 heavy (non-hydrogen) atoms. The van der Waals surface area contributed by atoms with E-state index in [0.717, 1.165) is 12.0 Å². The number of hydrogen-bond acceptors (Lipinski definition) is 1. The molecule has 1 nitrogen and oxygen atoms in total. The lowest BCUT2D eigenvalue weighted by atomic mass is 9.78. The summed E-state index contributed by atoms with van der Waals surface area (Å²) in [6.07, 6.45) is 8.11. The number of hydrogen-bond donors (Lipinski definition) is 0. The summed E-state index contributed by atoms with van der Waals surface area (Å²) < 4.78 is 0. The fraction of sp³-hybridized carbons (Fsp3) is 0.320. The minimum Gasteiger partial charge on any atom is -0.294 e. The molecule has 0 aliphatic heterocycles. The van der Waals surface area contributed by atoms with E-state index in [9.17, 15) is 4.79 Å². The Morgan fingerprint density at radius 2 is 1.58 bits per heavy atom. The van der Waals surface area contributed by atoms with Crippen molar-refractivity contribution in [2.75, 3.05) is 0 Å². The molecule has 130 valence electrons. The first-order valence-corrected chi connectivity index (χ1v) is 10.00. The maximum absolute atomic E-state index is 12.7. The number of Topliss-reactive ketones (excluding diaryl/α,β-unsaturated/α-hetero) is 1. The number of carbonyl (C=O) groups is 1. The van der Waals surface area contributed by atoms with Crippen molar-refractivity contribution in [3.05, 3.63) is 71.3 Å². The second kappa shape index (κ2) is 6.39. The van der Waals surface area contributed by atoms with Crippen molar-refractivity contribution >= 4 is 16.6 Å². The summed E-state index contributed by atoms with van der Waals surface area (Å²) in [6, 6.07) is 19.7. The Hall–Kier alpha value is -2.41. The van der Waals surface area contributed by atoms with E-state index in [0.29, 0.717) is 18.1 Å². The number of carbonyl (C=O) groups excluding carboxylic acids is 1. The minimum atomic E-state index is 0.318. The maximum Gasteiger partial charge on any atom is 0.164 e. The van der Waals surface area contributed by atoms with Gasteiger partial charge in [-0.3, -0.25) is 4.79 Å². The number of aryl methyl sites for hydroxylation is 1. The van der Waals surface area contributed by atoms with Gasteiger partial charge in [0.25, 0.3) is 0 Å². The highest BCUT2D eigenvalue weighted by Crippen LogP contribution is 2.44. The summed E-state index contributed by atoms with van der Waals surface area (Å²) in [5.41, 5.74) is 6.16. The number of ketones is 1. The average Bonchev–Trinajstić information content (AvgIpc) is 3.09. The standard InChI is InChI=1S/C25H24O/c26-23-16-14-19-10-6-12-22(24(19)23)25-20-11-5-4-9-18(20)13-15-21(25)17-7-2-1-3-8-17/h4-6,9-13,15,17H,1-3,7-8,14,16H2. The van der Waals surface area contributed by atoms with E-state index in [1.165, 1.54) is 65.1 Å². The van der Waals surface area contributed by atoms with Crippen molar-refractivity contribution in [2.45, 2.75) is 50.9 Å². The third kappa shape index (κ3) is 2.49. The molecule has 0 saturated heterocycles. The maximum atomic E-state index is 12.7. The Kier molecular flexibility index (Phi) is 3.89. The van der Waals surface area contributed by atoms with Crippen LogP contribution in [0.2, 0.25) is 0 Å². The molecule has 3 aromatic carbocycles. The average molecular weight is 340 g/mol. The van der Waals surface area contributed by atoms with Gasteiger partial charge in [0, 0.05) is 12.0 Å². The number of rotatable bonds is 2. The molecule has 0 N–H and O–H groups in total. The van der Waals surface area contributed by atoms with Gasteiger partial charge >= 0.3 is 0 Å². The first-order chi connectivity index (χ1) is 12.8. The fourth-order valence-corrected chi connectivity index (χ4v) is 5.06. The molecule has 2 aliphatic rings. The molecule has 0 spiro atoms. The molecule has 1 saturated carbocycles. The Morgan fingerprint density at radius 1 is 0.731 bits per heavy atom. The molecule has 0 radical (unpaired) electrons. The van der Waals surface area contributed by atoms with Crippen LogP contribution in [0.5, 0.6) is 0 Å². The van der Waals surface area contributed by atoms with Crippen LogP contribution in [-0.4, -0.2) is 5.78 Å². The van der Waals surface area contributed by atoms with Crippen LogP contribution in [0.3, 0.4) is 0 Å². The first kappa shape index (κ1) is 15.8. The highest BCUT2D eigenvalue weighted by Gasteiger charge is 2.27. The monoisotopic (exact) mass is 340 g/mol. The Labute approximate surface area is 155 Å². The van der Waals surface area contributed by atoms with E-state index >= 15 is 0 Å². The predicted octanol–water partition coefficient (Wildman–Crippen LogP) is 6.68. The van der Waals surface area contributed by atoms with Crippen molar-refractivity contribution in [3.8, 4) is 11.1 Å². The van der Waals surface area contributed by atoms with Crippen LogP contribution in [-0.2, 0) is 6.42 Å². The molecule has 0 aromatic heterocycles. The molecule has 0 atom stereocenters. The second-order valence-electron chi connectivity index (χ2n) is 7.85. The van der Waals surface area contributed by atoms with Crippen LogP contribution in [0.15, 0.2) is 54.6 Å². The minimum absolute atomic E-state index is 0.318. The quantitative estimate of drug-likeness (QED) is 0.508. The van der Waals surface area contributed by atoms with Gasteiger partial charge in [-0.15, -0.1) is 0 Å². The van der Waals surface area contributed by atoms with E-state index in [4.69, 9.17) is 0 Å². The molecule has 0 heterocycles. The van der Waals surface area contributed by atoms with E-state index in [2.05, 4.69) is 54.6 Å². The topological polar surface area (TPSA) is 17.1 Å². The summed E-state index contributed by atoms with van der Waals surface area (Å²) in [6.45, 7) is 0. The molecule has 1 fully saturated rings. The SMILES string of the molecule is O=C1CCc2cccc(-c3c(C4CCCCC4)ccc4ccccc34)c21. The Bertz CT molecular complexity index is 992. The van der Waals surface area contributed by atoms with E-state index in [1.54, 1.807) is 0 Å². The Morgan fingerprint density at radius 3 is 2.46 bits per heavy atom. The van der Waals surface area contributed by atoms with Crippen molar-refractivity contribution in [3.63, 3.8) is 0 Å². The first-order valence-electron chi connectivity index (χ1n) is 10.00. The molecule has 0 amide bonds. The van der Waals surface area contributed by atoms with Crippen molar-refractivity contribution in [1.29, 1.82) is 0 Å². The van der Waals surface area contributed by atoms with Gasteiger partial charge in [0.05, 0.1) is 0 Å². The van der Waals surface area contributed by atoms with Crippen LogP contribution < -0.4 is 0 Å². The van der Waals surface area contributed by atoms with Gasteiger partial charge in [-0.2, -0.15) is 0 Å². The highest BCUT2D eigenvalue weighted by molar-refractivity contribution is 6.10. The zero-order valence-electron chi connectivity index (χ0n) is 15.1. The molecule has 5 rings (SSSR count). The fourth-order valence-electron chi connectivity index (χ4n) is 5.06. The zero-order valence-corrected chi connectivity index (χ0v) is 15.1. The van der Waals surface area contributed by atoms with Gasteiger partial charge in [-0.25, -0.2) is 0 Å². The highest BCUT2D eigenvalue weighted by atomic mass is 16.1. The lowest BCUT2D eigenvalue weighted by Crippen LogP contribution is -2.07. The van der Waals surface area contributed by atoms with Crippen molar-refractivity contribution in [2.24, 2.45) is 0 Å². The van der Waals surface area contributed by atoms with E-state index in [-0.39, 0.29) is 0 Å². The summed E-state index contributed by atoms with van der Waals surface area (Å²) in [5.74, 6) is 0.939. The lowest BCUT2D eigenvalue weighted by molar-refractivity contribution is 0.0995. The molecule has 3 aromatic rings. The summed E-state index contributed by atoms with van der Waals surface area (Å²) in [7, 11) is 0. The normalized spacial score (nSPS) is 17.6. The second-order valence-corrected chi connectivity index (χ2v) is 7.85. The van der Waals surface area contributed by atoms with Gasteiger partial charge in [-0.05, 0) is 58.2 Å². The number of benzene rings is 3. The van der Waals surface area contributed by atoms with Crippen LogP contribution in [0.4, 0.5) is 0 Å². The van der Waals surface area contributed by atoms with Crippen LogP contribution in [0, 0.1) is 0 Å². The van der Waals surface area contributed by atoms with Gasteiger partial charge in [0.15, 0.2) is 5.78 Å².